The molecule has 22 heavy (non-hydrogen) atoms. The summed E-state index contributed by atoms with van der Waals surface area (Å²) >= 11 is 0. The number of rotatable bonds is 5. The molecule has 8 heteroatoms. The van der Waals surface area contributed by atoms with Crippen molar-refractivity contribution in [3.8, 4) is 0 Å². The van der Waals surface area contributed by atoms with Crippen LogP contribution in [0, 0.1) is 0 Å². The van der Waals surface area contributed by atoms with Gasteiger partial charge in [-0.05, 0) is 47.2 Å². The van der Waals surface area contributed by atoms with E-state index in [0.29, 0.717) is 11.9 Å². The van der Waals surface area contributed by atoms with Crippen LogP contribution in [0.15, 0.2) is 30.3 Å². The molecule has 1 aromatic carbocycles. The Balaban J connectivity index is 0. The average molecular weight is 331 g/mol. The Hall–Kier alpha value is -1.37. The first-order valence-corrected chi connectivity index (χ1v) is 8.17. The highest BCUT2D eigenvalue weighted by molar-refractivity contribution is 7.55. The molecule has 2 unspecified atom stereocenters. The maximum absolute atomic E-state index is 12.0. The largest absolute Gasteiger partial charge is 0.419 e. The predicted octanol–water partition coefficient (Wildman–Crippen LogP) is 0.163. The first-order chi connectivity index (χ1) is 10.5. The molecule has 1 aromatic rings. The molecule has 0 fully saturated rings. The van der Waals surface area contributed by atoms with Gasteiger partial charge in [0.05, 0.1) is 0 Å². The molecule has 126 valence electrons. The highest BCUT2D eigenvalue weighted by atomic mass is 31.1. The Morgan fingerprint density at radius 3 is 2.00 bits per heavy atom. The maximum Gasteiger partial charge on any atom is 0.419 e. The van der Waals surface area contributed by atoms with Crippen LogP contribution in [0.1, 0.15) is 6.92 Å². The normalized spacial score (nSPS) is 11.1. The third-order valence-electron chi connectivity index (χ3n) is 1.91. The lowest BCUT2D eigenvalue weighted by Crippen LogP contribution is -2.39. The minimum Gasteiger partial charge on any atom is -0.328 e. The van der Waals surface area contributed by atoms with E-state index >= 15 is 0 Å². The van der Waals surface area contributed by atoms with Crippen LogP contribution in [0.4, 0.5) is 0 Å². The van der Waals surface area contributed by atoms with E-state index in [1.165, 1.54) is 0 Å². The van der Waals surface area contributed by atoms with E-state index in [1.807, 2.05) is 39.7 Å². The van der Waals surface area contributed by atoms with Crippen molar-refractivity contribution in [3.05, 3.63) is 30.3 Å². The second kappa shape index (κ2) is 16.0. The van der Waals surface area contributed by atoms with Gasteiger partial charge < -0.3 is 15.4 Å². The van der Waals surface area contributed by atoms with E-state index in [1.54, 1.807) is 31.2 Å². The summed E-state index contributed by atoms with van der Waals surface area (Å²) in [5, 5.41) is 6.07. The smallest absolute Gasteiger partial charge is 0.328 e. The monoisotopic (exact) mass is 331 g/mol. The van der Waals surface area contributed by atoms with Crippen molar-refractivity contribution in [2.75, 3.05) is 34.8 Å². The summed E-state index contributed by atoms with van der Waals surface area (Å²) < 4.78 is 17.2. The van der Waals surface area contributed by atoms with Crippen molar-refractivity contribution in [1.29, 1.82) is 0 Å². The minimum absolute atomic E-state index is 0.298. The van der Waals surface area contributed by atoms with Gasteiger partial charge in [-0.25, -0.2) is 5.84 Å². The zero-order valence-corrected chi connectivity index (χ0v) is 14.8. The number of hydrazine groups is 1. The van der Waals surface area contributed by atoms with Gasteiger partial charge in [-0.15, -0.1) is 0 Å². The number of ether oxygens (including phenoxy) is 1. The van der Waals surface area contributed by atoms with E-state index in [2.05, 4.69) is 10.6 Å². The number of carbonyl (C=O) groups excluding carboxylic acids is 1. The van der Waals surface area contributed by atoms with E-state index in [9.17, 15) is 9.36 Å². The van der Waals surface area contributed by atoms with Gasteiger partial charge in [-0.1, -0.05) is 22.8 Å². The zero-order chi connectivity index (χ0) is 17.4. The number of benzene rings is 1. The molecule has 2 atom stereocenters. The van der Waals surface area contributed by atoms with Crippen LogP contribution in [0.3, 0.4) is 0 Å². The van der Waals surface area contributed by atoms with Crippen LogP contribution in [0.25, 0.3) is 0 Å². The zero-order valence-electron chi connectivity index (χ0n) is 13.9. The number of hydrogen-bond acceptors (Lipinski definition) is 6. The summed E-state index contributed by atoms with van der Waals surface area (Å²) in [5.74, 6) is 3.40. The van der Waals surface area contributed by atoms with Crippen LogP contribution in [-0.2, 0) is 14.1 Å². The molecule has 0 spiro atoms. The van der Waals surface area contributed by atoms with Crippen molar-refractivity contribution >= 4 is 19.0 Å². The Morgan fingerprint density at radius 2 is 1.64 bits per heavy atom. The molecule has 1 rings (SSSR count). The first kappa shape index (κ1) is 22.9. The van der Waals surface area contributed by atoms with Crippen LogP contribution in [0.5, 0.6) is 0 Å². The summed E-state index contributed by atoms with van der Waals surface area (Å²) in [6.07, 6.45) is 0. The molecule has 1 amide bonds. The molecular formula is C14H28N4O3P+. The second-order valence-corrected chi connectivity index (χ2v) is 5.61. The lowest BCUT2D eigenvalue weighted by molar-refractivity contribution is -0.127. The molecule has 0 aliphatic carbocycles. The van der Waals surface area contributed by atoms with Gasteiger partial charge in [0.2, 0.25) is 0 Å². The number of hydrogen-bond donors (Lipinski definition) is 4. The summed E-state index contributed by atoms with van der Waals surface area (Å²) in [7, 11) is 5.55. The SMILES string of the molecule is CCOC(C(=O)NN)[P+](=O)c1ccccc1.CNC.CNC. The van der Waals surface area contributed by atoms with Gasteiger partial charge in [0.25, 0.3) is 0 Å². The van der Waals surface area contributed by atoms with Crippen LogP contribution < -0.4 is 27.2 Å². The Labute approximate surface area is 133 Å². The molecule has 7 nitrogen and oxygen atoms in total. The molecule has 0 aliphatic heterocycles. The van der Waals surface area contributed by atoms with E-state index in [-0.39, 0.29) is 0 Å². The highest BCUT2D eigenvalue weighted by Crippen LogP contribution is 2.28. The summed E-state index contributed by atoms with van der Waals surface area (Å²) in [6, 6.07) is 8.70. The quantitative estimate of drug-likeness (QED) is 0.265. The predicted molar refractivity (Wildman–Crippen MR) is 91.4 cm³/mol. The summed E-state index contributed by atoms with van der Waals surface area (Å²) in [6.45, 7) is 2.02. The molecule has 0 saturated heterocycles. The third-order valence-corrected chi connectivity index (χ3v) is 3.53. The minimum atomic E-state index is -1.95. The van der Waals surface area contributed by atoms with Gasteiger partial charge in [0.1, 0.15) is 0 Å². The molecule has 0 radical (unpaired) electrons. The van der Waals surface area contributed by atoms with E-state index in [0.717, 1.165) is 0 Å². The van der Waals surface area contributed by atoms with Gasteiger partial charge >= 0.3 is 19.6 Å². The van der Waals surface area contributed by atoms with Crippen LogP contribution in [0.2, 0.25) is 0 Å². The lowest BCUT2D eigenvalue weighted by Gasteiger charge is -2.05. The average Bonchev–Trinajstić information content (AvgIpc) is 2.53. The van der Waals surface area contributed by atoms with Gasteiger partial charge in [-0.3, -0.25) is 10.2 Å². The highest BCUT2D eigenvalue weighted by Gasteiger charge is 2.39. The van der Waals surface area contributed by atoms with E-state index in [4.69, 9.17) is 10.6 Å². The van der Waals surface area contributed by atoms with Crippen molar-refractivity contribution in [3.63, 3.8) is 0 Å². The maximum atomic E-state index is 12.0. The van der Waals surface area contributed by atoms with Gasteiger partial charge in [0.15, 0.2) is 5.30 Å². The van der Waals surface area contributed by atoms with Gasteiger partial charge in [-0.2, -0.15) is 0 Å². The standard InChI is InChI=1S/C10H13N2O3P.2C2H7N/c1-2-15-10(9(13)12-11)16(14)8-6-4-3-5-7-8;2*1-3-2/h3-7,10H,2,11H2,1H3;2*3H,1-2H3/p+1. The van der Waals surface area contributed by atoms with Crippen LogP contribution >= 0.6 is 7.80 Å². The summed E-state index contributed by atoms with van der Waals surface area (Å²) in [5.41, 5.74) is 1.95. The second-order valence-electron chi connectivity index (χ2n) is 3.98. The molecule has 0 heterocycles. The van der Waals surface area contributed by atoms with E-state index < -0.39 is 19.6 Å². The topological polar surface area (TPSA) is 105 Å². The summed E-state index contributed by atoms with van der Waals surface area (Å²) in [4.78, 5) is 11.4. The molecule has 0 bridgehead atoms. The van der Waals surface area contributed by atoms with Gasteiger partial charge in [0, 0.05) is 6.61 Å². The van der Waals surface area contributed by atoms with Crippen molar-refractivity contribution < 1.29 is 14.1 Å². The number of nitrogens with two attached hydrogens (primary N) is 1. The Kier molecular flexibility index (Phi) is 16.7. The number of nitrogens with one attached hydrogen (secondary N) is 3. The molecule has 0 aromatic heterocycles. The first-order valence-electron chi connectivity index (χ1n) is 6.84. The molecule has 0 aliphatic rings. The van der Waals surface area contributed by atoms with Crippen molar-refractivity contribution in [2.45, 2.75) is 12.8 Å². The fraction of sp³-hybridized carbons (Fsp3) is 0.500. The van der Waals surface area contributed by atoms with Crippen LogP contribution in [-0.4, -0.2) is 46.5 Å². The Morgan fingerprint density at radius 1 is 1.18 bits per heavy atom. The fourth-order valence-electron chi connectivity index (χ4n) is 1.19. The lowest BCUT2D eigenvalue weighted by atomic mass is 10.4. The van der Waals surface area contributed by atoms with Crippen molar-refractivity contribution in [2.24, 2.45) is 5.84 Å². The Bertz CT molecular complexity index is 402. The molecular weight excluding hydrogens is 303 g/mol. The van der Waals surface area contributed by atoms with Crippen molar-refractivity contribution in [1.82, 2.24) is 16.1 Å². The molecule has 5 N–H and O–H groups in total. The number of carbonyl (C=O) groups is 1. The third kappa shape index (κ3) is 10.4. The number of amides is 1. The fourth-order valence-corrected chi connectivity index (χ4v) is 2.50. The molecule has 0 saturated carbocycles.